The van der Waals surface area contributed by atoms with Crippen molar-refractivity contribution in [2.45, 2.75) is 6.61 Å². The van der Waals surface area contributed by atoms with Crippen LogP contribution in [-0.4, -0.2) is 41.7 Å². The monoisotopic (exact) mass is 436 g/mol. The molecule has 2 aromatic carbocycles. The number of halogens is 3. The Bertz CT molecular complexity index is 996. The van der Waals surface area contributed by atoms with Gasteiger partial charge >= 0.3 is 6.61 Å². The predicted molar refractivity (Wildman–Crippen MR) is 104 cm³/mol. The molecular weight excluding hydrogens is 421 g/mol. The molecule has 0 aliphatic carbocycles. The van der Waals surface area contributed by atoms with Crippen molar-refractivity contribution in [1.29, 1.82) is 0 Å². The van der Waals surface area contributed by atoms with E-state index in [1.165, 1.54) is 48.5 Å². The number of alkyl halides is 2. The Hall–Kier alpha value is -3.27. The van der Waals surface area contributed by atoms with Crippen LogP contribution >= 0.6 is 11.8 Å². The van der Waals surface area contributed by atoms with Gasteiger partial charge in [0.1, 0.15) is 11.6 Å². The zero-order valence-corrected chi connectivity index (χ0v) is 16.1. The quantitative estimate of drug-likeness (QED) is 0.667. The summed E-state index contributed by atoms with van der Waals surface area (Å²) in [5, 5.41) is 2.03. The molecule has 0 unspecified atom stereocenters. The number of nitrogens with zero attached hydrogens (tertiary/aromatic N) is 1. The van der Waals surface area contributed by atoms with Crippen LogP contribution < -0.4 is 10.1 Å². The molecule has 3 amide bonds. The van der Waals surface area contributed by atoms with E-state index in [9.17, 15) is 27.6 Å². The summed E-state index contributed by atoms with van der Waals surface area (Å²) in [6, 6.07) is 10.7. The summed E-state index contributed by atoms with van der Waals surface area (Å²) in [5.41, 5.74) is 0.666. The van der Waals surface area contributed by atoms with Gasteiger partial charge in [0.25, 0.3) is 17.1 Å². The second-order valence-corrected chi connectivity index (χ2v) is 7.04. The first-order valence-corrected chi connectivity index (χ1v) is 9.49. The molecular formula is C20H15F3N2O4S. The molecule has 0 atom stereocenters. The van der Waals surface area contributed by atoms with Gasteiger partial charge in [0.2, 0.25) is 0 Å². The van der Waals surface area contributed by atoms with Crippen LogP contribution in [0.4, 0.5) is 18.0 Å². The molecule has 1 saturated heterocycles. The van der Waals surface area contributed by atoms with Crippen molar-refractivity contribution in [3.63, 3.8) is 0 Å². The number of amides is 3. The van der Waals surface area contributed by atoms with E-state index in [0.29, 0.717) is 5.56 Å². The average Bonchev–Trinajstić information content (AvgIpc) is 2.96. The van der Waals surface area contributed by atoms with E-state index in [1.54, 1.807) is 0 Å². The molecule has 1 heterocycles. The van der Waals surface area contributed by atoms with Gasteiger partial charge in [-0.25, -0.2) is 4.39 Å². The fourth-order valence-corrected chi connectivity index (χ4v) is 3.46. The number of carbonyl (C=O) groups is 3. The highest BCUT2D eigenvalue weighted by Crippen LogP contribution is 2.31. The maximum absolute atomic E-state index is 13.0. The molecule has 30 heavy (non-hydrogen) atoms. The minimum atomic E-state index is -3.01. The number of hydrogen-bond donors (Lipinski definition) is 1. The first-order valence-electron chi connectivity index (χ1n) is 8.67. The zero-order chi connectivity index (χ0) is 21.7. The first-order chi connectivity index (χ1) is 14.3. The summed E-state index contributed by atoms with van der Waals surface area (Å²) in [5.74, 6) is -1.66. The highest BCUT2D eigenvalue weighted by molar-refractivity contribution is 8.18. The van der Waals surface area contributed by atoms with Crippen LogP contribution in [0.25, 0.3) is 6.08 Å². The van der Waals surface area contributed by atoms with Crippen molar-refractivity contribution < 1.29 is 32.3 Å². The Morgan fingerprint density at radius 2 is 1.90 bits per heavy atom. The first kappa shape index (κ1) is 21.4. The number of thioether (sulfide) groups is 1. The number of ether oxygens (including phenoxy) is 1. The van der Waals surface area contributed by atoms with E-state index in [2.05, 4.69) is 10.1 Å². The van der Waals surface area contributed by atoms with Crippen molar-refractivity contribution >= 4 is 34.9 Å². The Morgan fingerprint density at radius 1 is 1.17 bits per heavy atom. The Kier molecular flexibility index (Phi) is 6.78. The van der Waals surface area contributed by atoms with Gasteiger partial charge in [0.05, 0.1) is 4.91 Å². The smallest absolute Gasteiger partial charge is 0.387 e. The van der Waals surface area contributed by atoms with Crippen molar-refractivity contribution in [2.75, 3.05) is 13.1 Å². The third-order valence-corrected chi connectivity index (χ3v) is 4.89. The zero-order valence-electron chi connectivity index (χ0n) is 15.3. The molecule has 1 fully saturated rings. The Morgan fingerprint density at radius 3 is 2.60 bits per heavy atom. The second-order valence-electron chi connectivity index (χ2n) is 6.05. The maximum Gasteiger partial charge on any atom is 0.387 e. The maximum atomic E-state index is 13.0. The van der Waals surface area contributed by atoms with E-state index in [4.69, 9.17) is 0 Å². The molecule has 1 aliphatic heterocycles. The summed E-state index contributed by atoms with van der Waals surface area (Å²) in [7, 11) is 0. The molecule has 6 nitrogen and oxygen atoms in total. The third-order valence-electron chi connectivity index (χ3n) is 3.98. The average molecular weight is 436 g/mol. The largest absolute Gasteiger partial charge is 0.435 e. The lowest BCUT2D eigenvalue weighted by atomic mass is 10.2. The molecule has 0 radical (unpaired) electrons. The highest BCUT2D eigenvalue weighted by atomic mass is 32.2. The van der Waals surface area contributed by atoms with E-state index in [1.807, 2.05) is 0 Å². The molecule has 0 bridgehead atoms. The topological polar surface area (TPSA) is 75.7 Å². The van der Waals surface area contributed by atoms with Gasteiger partial charge in [-0.2, -0.15) is 8.78 Å². The van der Waals surface area contributed by atoms with Crippen LogP contribution in [0.15, 0.2) is 53.4 Å². The summed E-state index contributed by atoms with van der Waals surface area (Å²) in [6.45, 7) is -3.10. The van der Waals surface area contributed by atoms with Crippen LogP contribution in [0.2, 0.25) is 0 Å². The molecule has 0 saturated carbocycles. The number of imide groups is 1. The summed E-state index contributed by atoms with van der Waals surface area (Å²) < 4.78 is 41.8. The number of hydrogen-bond acceptors (Lipinski definition) is 5. The van der Waals surface area contributed by atoms with Gasteiger partial charge in [-0.05, 0) is 53.7 Å². The van der Waals surface area contributed by atoms with Crippen LogP contribution in [0.5, 0.6) is 5.75 Å². The summed E-state index contributed by atoms with van der Waals surface area (Å²) >= 11 is 0.748. The van der Waals surface area contributed by atoms with Gasteiger partial charge in [-0.1, -0.05) is 18.2 Å². The minimum absolute atomic E-state index is 0.0271. The standard InChI is InChI=1S/C20H15F3N2O4S/c21-14-6-4-12(5-7-14)10-16-18(27)25(20(28)30-16)9-8-24-17(26)13-2-1-3-15(11-13)29-19(22)23/h1-7,10-11,19H,8-9H2,(H,24,26)/b16-10-. The second kappa shape index (κ2) is 9.49. The van der Waals surface area contributed by atoms with Crippen LogP contribution in [0.3, 0.4) is 0 Å². The van der Waals surface area contributed by atoms with Crippen LogP contribution in [0, 0.1) is 5.82 Å². The Labute approximate surface area is 173 Å². The Balaban J connectivity index is 1.57. The van der Waals surface area contributed by atoms with Crippen LogP contribution in [0.1, 0.15) is 15.9 Å². The van der Waals surface area contributed by atoms with E-state index < -0.39 is 29.5 Å². The third kappa shape index (κ3) is 5.41. The lowest BCUT2D eigenvalue weighted by Crippen LogP contribution is -2.37. The normalized spacial score (nSPS) is 15.2. The molecule has 156 valence electrons. The molecule has 3 rings (SSSR count). The SMILES string of the molecule is O=C(NCCN1C(=O)S/C(=C\c2ccc(F)cc2)C1=O)c1cccc(OC(F)F)c1. The highest BCUT2D eigenvalue weighted by Gasteiger charge is 2.34. The molecule has 2 aromatic rings. The molecule has 0 spiro atoms. The van der Waals surface area contributed by atoms with Gasteiger partial charge in [0, 0.05) is 18.7 Å². The fourth-order valence-electron chi connectivity index (χ4n) is 2.60. The lowest BCUT2D eigenvalue weighted by Gasteiger charge is -2.13. The van der Waals surface area contributed by atoms with Crippen molar-refractivity contribution in [3.05, 3.63) is 70.4 Å². The minimum Gasteiger partial charge on any atom is -0.435 e. The molecule has 1 N–H and O–H groups in total. The number of carbonyl (C=O) groups excluding carboxylic acids is 3. The molecule has 10 heteroatoms. The summed E-state index contributed by atoms with van der Waals surface area (Å²) in [6.07, 6.45) is 1.48. The van der Waals surface area contributed by atoms with Gasteiger partial charge < -0.3 is 10.1 Å². The fraction of sp³-hybridized carbons (Fsp3) is 0.150. The van der Waals surface area contributed by atoms with Crippen molar-refractivity contribution in [3.8, 4) is 5.75 Å². The number of nitrogens with one attached hydrogen (secondary N) is 1. The van der Waals surface area contributed by atoms with Gasteiger partial charge in [-0.3, -0.25) is 19.3 Å². The predicted octanol–water partition coefficient (Wildman–Crippen LogP) is 3.89. The van der Waals surface area contributed by atoms with Crippen LogP contribution in [-0.2, 0) is 4.79 Å². The van der Waals surface area contributed by atoms with E-state index in [-0.39, 0.29) is 29.3 Å². The van der Waals surface area contributed by atoms with Gasteiger partial charge in [0.15, 0.2) is 0 Å². The van der Waals surface area contributed by atoms with E-state index >= 15 is 0 Å². The van der Waals surface area contributed by atoms with Gasteiger partial charge in [-0.15, -0.1) is 0 Å². The summed E-state index contributed by atoms with van der Waals surface area (Å²) in [4.78, 5) is 37.9. The van der Waals surface area contributed by atoms with E-state index in [0.717, 1.165) is 22.7 Å². The molecule has 0 aromatic heterocycles. The molecule has 1 aliphatic rings. The van der Waals surface area contributed by atoms with Crippen molar-refractivity contribution in [1.82, 2.24) is 10.2 Å². The lowest BCUT2D eigenvalue weighted by molar-refractivity contribution is -0.122. The number of rotatable bonds is 7. The number of benzene rings is 2. The van der Waals surface area contributed by atoms with Crippen molar-refractivity contribution in [2.24, 2.45) is 0 Å².